The number of carbonyl (C=O) groups is 4. The van der Waals surface area contributed by atoms with E-state index in [4.69, 9.17) is 16.3 Å². The average Bonchev–Trinajstić information content (AvgIpc) is 2.39. The highest BCUT2D eigenvalue weighted by molar-refractivity contribution is 6.35. The predicted octanol–water partition coefficient (Wildman–Crippen LogP) is 2.17. The topological polar surface area (TPSA) is 80.8 Å². The van der Waals surface area contributed by atoms with Crippen molar-refractivity contribution in [2.45, 2.75) is 26.7 Å². The number of halogens is 1. The van der Waals surface area contributed by atoms with Crippen LogP contribution in [0, 0.1) is 0 Å². The maximum absolute atomic E-state index is 12.2. The third-order valence-electron chi connectivity index (χ3n) is 2.69. The maximum Gasteiger partial charge on any atom is 0.241 e. The molecule has 0 spiro atoms. The summed E-state index contributed by atoms with van der Waals surface area (Å²) in [4.78, 5) is 47.5. The van der Waals surface area contributed by atoms with E-state index < -0.39 is 36.2 Å². The Morgan fingerprint density at radius 3 is 1.95 bits per heavy atom. The molecule has 0 bridgehead atoms. The Morgan fingerprint density at radius 1 is 1.05 bits per heavy atom. The summed E-state index contributed by atoms with van der Waals surface area (Å²) in [6.45, 7) is 2.47. The molecule has 1 aromatic rings. The smallest absolute Gasteiger partial charge is 0.241 e. The zero-order chi connectivity index (χ0) is 16.9. The van der Waals surface area contributed by atoms with Crippen molar-refractivity contribution in [1.29, 1.82) is 0 Å². The molecule has 0 heterocycles. The van der Waals surface area contributed by atoms with Gasteiger partial charge in [-0.2, -0.15) is 0 Å². The van der Waals surface area contributed by atoms with Crippen LogP contribution in [0.4, 0.5) is 5.69 Å². The second-order valence-electron chi connectivity index (χ2n) is 4.70. The number of ketones is 2. The number of carbonyl (C=O) groups excluding carboxylic acids is 4. The van der Waals surface area contributed by atoms with E-state index in [9.17, 15) is 19.2 Å². The normalized spacial score (nSPS) is 10.0. The molecule has 6 nitrogen and oxygen atoms in total. The summed E-state index contributed by atoms with van der Waals surface area (Å²) in [5, 5.41) is 0.134. The number of amides is 2. The maximum atomic E-state index is 12.2. The molecular formula is C15H16ClNO5. The number of ether oxygens (including phenoxy) is 1. The fraction of sp³-hybridized carbons (Fsp3) is 0.333. The summed E-state index contributed by atoms with van der Waals surface area (Å²) in [7, 11) is 1.42. The molecule has 0 aliphatic carbocycles. The van der Waals surface area contributed by atoms with Gasteiger partial charge in [-0.15, -0.1) is 0 Å². The van der Waals surface area contributed by atoms with Gasteiger partial charge in [0.25, 0.3) is 0 Å². The number of nitrogens with zero attached hydrogens (tertiary/aromatic N) is 1. The number of hydrogen-bond acceptors (Lipinski definition) is 5. The van der Waals surface area contributed by atoms with Crippen LogP contribution in [0.2, 0.25) is 5.02 Å². The molecule has 118 valence electrons. The van der Waals surface area contributed by atoms with Gasteiger partial charge in [0, 0.05) is 6.07 Å². The molecule has 0 radical (unpaired) electrons. The standard InChI is InChI=1S/C15H16ClNO5/c1-9(18)6-14(20)17(15(21)7-10(2)19)13-8-11(22-3)4-5-12(13)16/h4-5,8H,6-7H2,1-3H3. The van der Waals surface area contributed by atoms with E-state index in [1.165, 1.54) is 33.1 Å². The molecule has 1 aromatic carbocycles. The summed E-state index contributed by atoms with van der Waals surface area (Å²) in [6.07, 6.45) is -0.922. The number of hydrogen-bond donors (Lipinski definition) is 0. The molecule has 0 saturated heterocycles. The highest BCUT2D eigenvalue weighted by atomic mass is 35.5. The first-order chi connectivity index (χ1) is 10.3. The van der Waals surface area contributed by atoms with Crippen molar-refractivity contribution in [3.05, 3.63) is 23.2 Å². The van der Waals surface area contributed by atoms with Crippen LogP contribution >= 0.6 is 11.6 Å². The lowest BCUT2D eigenvalue weighted by Gasteiger charge is -2.22. The first-order valence-electron chi connectivity index (χ1n) is 6.44. The van der Waals surface area contributed by atoms with E-state index in [1.54, 1.807) is 6.07 Å². The van der Waals surface area contributed by atoms with E-state index in [2.05, 4.69) is 0 Å². The van der Waals surface area contributed by atoms with Gasteiger partial charge in [-0.25, -0.2) is 4.90 Å². The van der Waals surface area contributed by atoms with Crippen molar-refractivity contribution in [2.24, 2.45) is 0 Å². The Hall–Kier alpha value is -2.21. The number of benzene rings is 1. The summed E-state index contributed by atoms with van der Waals surface area (Å²) >= 11 is 6.04. The zero-order valence-corrected chi connectivity index (χ0v) is 13.3. The second kappa shape index (κ2) is 7.70. The predicted molar refractivity (Wildman–Crippen MR) is 81.1 cm³/mol. The van der Waals surface area contributed by atoms with Crippen molar-refractivity contribution in [2.75, 3.05) is 12.0 Å². The first-order valence-corrected chi connectivity index (χ1v) is 6.82. The lowest BCUT2D eigenvalue weighted by atomic mass is 10.2. The SMILES string of the molecule is COc1ccc(Cl)c(N(C(=O)CC(C)=O)C(=O)CC(C)=O)c1. The van der Waals surface area contributed by atoms with E-state index in [0.29, 0.717) is 5.75 Å². The van der Waals surface area contributed by atoms with Gasteiger partial charge in [-0.1, -0.05) is 11.6 Å². The molecule has 0 fully saturated rings. The Labute approximate surface area is 133 Å². The fourth-order valence-electron chi connectivity index (χ4n) is 1.78. The number of imide groups is 1. The van der Waals surface area contributed by atoms with Gasteiger partial charge < -0.3 is 4.74 Å². The Kier molecular flexibility index (Phi) is 6.24. The molecule has 0 aromatic heterocycles. The van der Waals surface area contributed by atoms with Crippen LogP contribution in [-0.2, 0) is 19.2 Å². The van der Waals surface area contributed by atoms with Crippen molar-refractivity contribution < 1.29 is 23.9 Å². The van der Waals surface area contributed by atoms with Crippen molar-refractivity contribution in [3.8, 4) is 5.75 Å². The zero-order valence-electron chi connectivity index (χ0n) is 12.5. The second-order valence-corrected chi connectivity index (χ2v) is 5.11. The highest BCUT2D eigenvalue weighted by Crippen LogP contribution is 2.31. The molecule has 1 rings (SSSR count). The van der Waals surface area contributed by atoms with Gasteiger partial charge in [0.2, 0.25) is 11.8 Å². The van der Waals surface area contributed by atoms with Crippen molar-refractivity contribution in [3.63, 3.8) is 0 Å². The summed E-state index contributed by atoms with van der Waals surface area (Å²) in [6, 6.07) is 4.43. The largest absolute Gasteiger partial charge is 0.497 e. The van der Waals surface area contributed by atoms with Crippen molar-refractivity contribution in [1.82, 2.24) is 0 Å². The molecular weight excluding hydrogens is 310 g/mol. The van der Waals surface area contributed by atoms with Gasteiger partial charge in [0.1, 0.15) is 17.3 Å². The van der Waals surface area contributed by atoms with Crippen LogP contribution in [0.25, 0.3) is 0 Å². The number of rotatable bonds is 6. The van der Waals surface area contributed by atoms with Gasteiger partial charge in [0.05, 0.1) is 30.7 Å². The summed E-state index contributed by atoms with van der Waals surface area (Å²) in [5.41, 5.74) is 0.0820. The first kappa shape index (κ1) is 17.8. The Balaban J connectivity index is 3.30. The van der Waals surface area contributed by atoms with Crippen LogP contribution < -0.4 is 9.64 Å². The number of anilines is 1. The van der Waals surface area contributed by atoms with E-state index >= 15 is 0 Å². The molecule has 0 N–H and O–H groups in total. The third-order valence-corrected chi connectivity index (χ3v) is 3.01. The van der Waals surface area contributed by atoms with Gasteiger partial charge >= 0.3 is 0 Å². The van der Waals surface area contributed by atoms with Crippen LogP contribution in [0.5, 0.6) is 5.75 Å². The Morgan fingerprint density at radius 2 is 1.55 bits per heavy atom. The number of methoxy groups -OCH3 is 1. The third kappa shape index (κ3) is 4.66. The quantitative estimate of drug-likeness (QED) is 0.749. The van der Waals surface area contributed by atoms with Gasteiger partial charge in [0.15, 0.2) is 0 Å². The van der Waals surface area contributed by atoms with E-state index in [1.807, 2.05) is 0 Å². The van der Waals surface area contributed by atoms with Crippen LogP contribution in [0.15, 0.2) is 18.2 Å². The lowest BCUT2D eigenvalue weighted by Crippen LogP contribution is -2.38. The minimum absolute atomic E-state index is 0.0820. The molecule has 0 saturated carbocycles. The van der Waals surface area contributed by atoms with Crippen LogP contribution in [0.3, 0.4) is 0 Å². The number of Topliss-reactive ketones (excluding diaryl/α,β-unsaturated/α-hetero) is 2. The minimum atomic E-state index is -0.742. The highest BCUT2D eigenvalue weighted by Gasteiger charge is 2.27. The van der Waals surface area contributed by atoms with E-state index in [-0.39, 0.29) is 10.7 Å². The molecule has 0 aliphatic heterocycles. The molecule has 7 heteroatoms. The molecule has 22 heavy (non-hydrogen) atoms. The van der Waals surface area contributed by atoms with Crippen LogP contribution in [-0.4, -0.2) is 30.5 Å². The molecule has 0 unspecified atom stereocenters. The monoisotopic (exact) mass is 325 g/mol. The molecule has 2 amide bonds. The average molecular weight is 326 g/mol. The lowest BCUT2D eigenvalue weighted by molar-refractivity contribution is -0.130. The van der Waals surface area contributed by atoms with Gasteiger partial charge in [-0.05, 0) is 26.0 Å². The molecule has 0 atom stereocenters. The van der Waals surface area contributed by atoms with E-state index in [0.717, 1.165) is 4.90 Å². The minimum Gasteiger partial charge on any atom is -0.497 e. The molecule has 0 aliphatic rings. The van der Waals surface area contributed by atoms with Crippen molar-refractivity contribution >= 4 is 40.7 Å². The fourth-order valence-corrected chi connectivity index (χ4v) is 1.98. The summed E-state index contributed by atoms with van der Waals surface area (Å²) < 4.78 is 5.04. The van der Waals surface area contributed by atoms with Gasteiger partial charge in [-0.3, -0.25) is 19.2 Å². The Bertz CT molecular complexity index is 598. The van der Waals surface area contributed by atoms with Crippen LogP contribution in [0.1, 0.15) is 26.7 Å². The summed E-state index contributed by atoms with van der Waals surface area (Å²) in [5.74, 6) is -1.90.